The monoisotopic (exact) mass is 145 g/mol. The van der Waals surface area contributed by atoms with Gasteiger partial charge in [-0.1, -0.05) is 11.6 Å². The summed E-state index contributed by atoms with van der Waals surface area (Å²) in [5.41, 5.74) is 5.28. The third-order valence-corrected chi connectivity index (χ3v) is 1.35. The third-order valence-electron chi connectivity index (χ3n) is 1.03. The molecule has 0 unspecified atom stereocenters. The second kappa shape index (κ2) is 2.85. The highest BCUT2D eigenvalue weighted by Crippen LogP contribution is 2.04. The van der Waals surface area contributed by atoms with E-state index in [0.717, 1.165) is 6.54 Å². The first-order valence-corrected chi connectivity index (χ1v) is 3.08. The second-order valence-electron chi connectivity index (χ2n) is 1.70. The lowest BCUT2D eigenvalue weighted by molar-refractivity contribution is 0.708. The molecule has 0 spiro atoms. The maximum absolute atomic E-state index is 5.66. The van der Waals surface area contributed by atoms with Gasteiger partial charge in [-0.2, -0.15) is 0 Å². The Labute approximate surface area is 58.4 Å². The quantitative estimate of drug-likeness (QED) is 0.659. The lowest BCUT2D eigenvalue weighted by Crippen LogP contribution is -2.08. The highest BCUT2D eigenvalue weighted by molar-refractivity contribution is 6.29. The molecule has 1 aromatic heterocycles. The lowest BCUT2D eigenvalue weighted by atomic mass is 10.6. The summed E-state index contributed by atoms with van der Waals surface area (Å²) in [6.07, 6.45) is 3.26. The highest BCUT2D eigenvalue weighted by atomic mass is 35.5. The van der Waals surface area contributed by atoms with Crippen LogP contribution >= 0.6 is 11.6 Å². The Morgan fingerprint density at radius 2 is 2.56 bits per heavy atom. The fraction of sp³-hybridized carbons (Fsp3) is 0.400. The largest absolute Gasteiger partial charge is 0.329 e. The van der Waals surface area contributed by atoms with Crippen molar-refractivity contribution in [3.05, 3.63) is 17.7 Å². The minimum absolute atomic E-state index is 0.593. The van der Waals surface area contributed by atoms with E-state index in [1.54, 1.807) is 17.1 Å². The van der Waals surface area contributed by atoms with Gasteiger partial charge in [0.1, 0.15) is 5.15 Å². The number of hydrogen-bond donors (Lipinski definition) is 1. The van der Waals surface area contributed by atoms with Crippen molar-refractivity contribution >= 4 is 11.6 Å². The van der Waals surface area contributed by atoms with E-state index in [-0.39, 0.29) is 0 Å². The molecule has 1 rings (SSSR count). The van der Waals surface area contributed by atoms with Gasteiger partial charge >= 0.3 is 0 Å². The van der Waals surface area contributed by atoms with Crippen LogP contribution in [-0.4, -0.2) is 16.1 Å². The Balaban J connectivity index is 2.69. The molecule has 0 atom stereocenters. The smallest absolute Gasteiger partial charge is 0.128 e. The Morgan fingerprint density at radius 1 is 1.78 bits per heavy atom. The molecule has 0 aliphatic rings. The summed E-state index contributed by atoms with van der Waals surface area (Å²) >= 11 is 5.66. The van der Waals surface area contributed by atoms with Gasteiger partial charge in [-0.05, 0) is 0 Å². The van der Waals surface area contributed by atoms with Crippen LogP contribution in [0.3, 0.4) is 0 Å². The minimum Gasteiger partial charge on any atom is -0.329 e. The van der Waals surface area contributed by atoms with Crippen molar-refractivity contribution in [1.82, 2.24) is 9.55 Å². The van der Waals surface area contributed by atoms with E-state index in [0.29, 0.717) is 11.7 Å². The van der Waals surface area contributed by atoms with Crippen LogP contribution in [0.5, 0.6) is 0 Å². The first kappa shape index (κ1) is 6.58. The van der Waals surface area contributed by atoms with Gasteiger partial charge in [0.25, 0.3) is 0 Å². The van der Waals surface area contributed by atoms with Crippen molar-refractivity contribution in [2.45, 2.75) is 6.54 Å². The topological polar surface area (TPSA) is 43.8 Å². The number of halogens is 1. The van der Waals surface area contributed by atoms with Crippen LogP contribution < -0.4 is 5.73 Å². The number of hydrogen-bond acceptors (Lipinski definition) is 2. The Kier molecular flexibility index (Phi) is 2.08. The summed E-state index contributed by atoms with van der Waals surface area (Å²) < 4.78 is 1.79. The zero-order valence-electron chi connectivity index (χ0n) is 4.92. The van der Waals surface area contributed by atoms with Crippen LogP contribution in [0, 0.1) is 0 Å². The lowest BCUT2D eigenvalue weighted by Gasteiger charge is -1.97. The summed E-state index contributed by atoms with van der Waals surface area (Å²) in [7, 11) is 0. The molecular formula is C5H8ClN3. The van der Waals surface area contributed by atoms with Crippen molar-refractivity contribution in [2.24, 2.45) is 5.73 Å². The van der Waals surface area contributed by atoms with Crippen molar-refractivity contribution in [2.75, 3.05) is 6.54 Å². The maximum atomic E-state index is 5.66. The van der Waals surface area contributed by atoms with Crippen molar-refractivity contribution in [3.63, 3.8) is 0 Å². The van der Waals surface area contributed by atoms with Gasteiger partial charge in [0.15, 0.2) is 0 Å². The first-order chi connectivity index (χ1) is 4.34. The predicted molar refractivity (Wildman–Crippen MR) is 36.3 cm³/mol. The molecule has 1 aromatic rings. The van der Waals surface area contributed by atoms with Gasteiger partial charge in [0.2, 0.25) is 0 Å². The molecule has 0 aromatic carbocycles. The number of imidazole rings is 1. The van der Waals surface area contributed by atoms with Gasteiger partial charge in [0.05, 0.1) is 12.5 Å². The van der Waals surface area contributed by atoms with Gasteiger partial charge in [-0.3, -0.25) is 0 Å². The second-order valence-corrected chi connectivity index (χ2v) is 2.09. The zero-order chi connectivity index (χ0) is 6.69. The Morgan fingerprint density at radius 3 is 3.00 bits per heavy atom. The van der Waals surface area contributed by atoms with Crippen LogP contribution in [-0.2, 0) is 6.54 Å². The molecule has 1 heterocycles. The standard InChI is InChI=1S/C5H8ClN3/c6-5-3-8-4-9(5)2-1-7/h3-4H,1-2,7H2. The maximum Gasteiger partial charge on any atom is 0.128 e. The van der Waals surface area contributed by atoms with Crippen LogP contribution in [0.25, 0.3) is 0 Å². The number of nitrogens with two attached hydrogens (primary N) is 1. The van der Waals surface area contributed by atoms with Crippen LogP contribution in [0.4, 0.5) is 0 Å². The summed E-state index contributed by atoms with van der Waals surface area (Å²) in [4.78, 5) is 3.82. The summed E-state index contributed by atoms with van der Waals surface area (Å²) in [6, 6.07) is 0. The molecule has 2 N–H and O–H groups in total. The van der Waals surface area contributed by atoms with Crippen LogP contribution in [0.2, 0.25) is 5.15 Å². The summed E-state index contributed by atoms with van der Waals surface area (Å²) in [5, 5.41) is 0.639. The Bertz CT molecular complexity index is 184. The first-order valence-electron chi connectivity index (χ1n) is 2.70. The molecule has 0 saturated heterocycles. The normalized spacial score (nSPS) is 10.0. The number of aromatic nitrogens is 2. The fourth-order valence-corrected chi connectivity index (χ4v) is 0.793. The van der Waals surface area contributed by atoms with Gasteiger partial charge in [-0.25, -0.2) is 4.98 Å². The molecule has 50 valence electrons. The van der Waals surface area contributed by atoms with Gasteiger partial charge < -0.3 is 10.3 Å². The summed E-state index contributed by atoms with van der Waals surface area (Å²) in [6.45, 7) is 1.33. The van der Waals surface area contributed by atoms with Crippen LogP contribution in [0.15, 0.2) is 12.5 Å². The fourth-order valence-electron chi connectivity index (χ4n) is 0.608. The zero-order valence-corrected chi connectivity index (χ0v) is 5.67. The van der Waals surface area contributed by atoms with E-state index < -0.39 is 0 Å². The SMILES string of the molecule is NCCn1cncc1Cl. The highest BCUT2D eigenvalue weighted by Gasteiger charge is 1.93. The molecular weight excluding hydrogens is 138 g/mol. The van der Waals surface area contributed by atoms with Crippen molar-refractivity contribution in [1.29, 1.82) is 0 Å². The molecule has 0 bridgehead atoms. The molecule has 0 aliphatic heterocycles. The molecule has 0 fully saturated rings. The average Bonchev–Trinajstić information content (AvgIpc) is 2.18. The minimum atomic E-state index is 0.593. The van der Waals surface area contributed by atoms with Gasteiger partial charge in [0, 0.05) is 13.1 Å². The van der Waals surface area contributed by atoms with E-state index in [1.807, 2.05) is 0 Å². The molecule has 0 amide bonds. The number of nitrogens with zero attached hydrogens (tertiary/aromatic N) is 2. The van der Waals surface area contributed by atoms with E-state index >= 15 is 0 Å². The molecule has 0 radical (unpaired) electrons. The van der Waals surface area contributed by atoms with Crippen molar-refractivity contribution < 1.29 is 0 Å². The molecule has 9 heavy (non-hydrogen) atoms. The van der Waals surface area contributed by atoms with E-state index in [2.05, 4.69) is 4.98 Å². The Hall–Kier alpha value is -0.540. The van der Waals surface area contributed by atoms with Crippen LogP contribution in [0.1, 0.15) is 0 Å². The van der Waals surface area contributed by atoms with Crippen molar-refractivity contribution in [3.8, 4) is 0 Å². The van der Waals surface area contributed by atoms with Gasteiger partial charge in [-0.15, -0.1) is 0 Å². The molecule has 4 heteroatoms. The van der Waals surface area contributed by atoms with E-state index in [1.165, 1.54) is 0 Å². The van der Waals surface area contributed by atoms with E-state index in [4.69, 9.17) is 17.3 Å². The molecule has 0 saturated carbocycles. The number of rotatable bonds is 2. The molecule has 0 aliphatic carbocycles. The summed E-state index contributed by atoms with van der Waals surface area (Å²) in [5.74, 6) is 0. The molecule has 3 nitrogen and oxygen atoms in total. The predicted octanol–water partition coefficient (Wildman–Crippen LogP) is 0.495. The third kappa shape index (κ3) is 1.43. The van der Waals surface area contributed by atoms with E-state index in [9.17, 15) is 0 Å². The average molecular weight is 146 g/mol.